The number of hydrogen-bond donors (Lipinski definition) is 1. The molecule has 0 aliphatic heterocycles. The van der Waals surface area contributed by atoms with E-state index in [-0.39, 0.29) is 23.9 Å². The van der Waals surface area contributed by atoms with Gasteiger partial charge in [0, 0.05) is 43.0 Å². The minimum absolute atomic E-state index is 0.0386. The maximum atomic E-state index is 13.1. The van der Waals surface area contributed by atoms with Crippen LogP contribution in [-0.4, -0.2) is 51.0 Å². The molecule has 1 aromatic heterocycles. The fraction of sp³-hybridized carbons (Fsp3) is 0.250. The zero-order chi connectivity index (χ0) is 24.0. The van der Waals surface area contributed by atoms with Crippen molar-refractivity contribution in [3.05, 3.63) is 77.7 Å². The minimum atomic E-state index is -3.82. The molecule has 33 heavy (non-hydrogen) atoms. The van der Waals surface area contributed by atoms with Crippen LogP contribution in [0.3, 0.4) is 0 Å². The van der Waals surface area contributed by atoms with Crippen molar-refractivity contribution in [1.82, 2.24) is 14.6 Å². The van der Waals surface area contributed by atoms with E-state index >= 15 is 0 Å². The number of ether oxygens (including phenoxy) is 1. The van der Waals surface area contributed by atoms with E-state index in [1.165, 1.54) is 36.3 Å². The number of pyridine rings is 1. The molecule has 174 valence electrons. The van der Waals surface area contributed by atoms with Crippen molar-refractivity contribution in [2.24, 2.45) is 0 Å². The zero-order valence-corrected chi connectivity index (χ0v) is 19.5. The van der Waals surface area contributed by atoms with Crippen molar-refractivity contribution in [2.45, 2.75) is 18.7 Å². The first kappa shape index (κ1) is 24.3. The topological polar surface area (TPSA) is 88.6 Å². The lowest BCUT2D eigenvalue weighted by Crippen LogP contribution is -2.38. The average Bonchev–Trinajstić information content (AvgIpc) is 2.82. The van der Waals surface area contributed by atoms with Gasteiger partial charge in [-0.15, -0.1) is 0 Å². The molecule has 3 aromatic rings. The van der Waals surface area contributed by atoms with Gasteiger partial charge in [0.05, 0.1) is 12.0 Å². The predicted molar refractivity (Wildman–Crippen MR) is 124 cm³/mol. The lowest BCUT2D eigenvalue weighted by atomic mass is 10.0. The van der Waals surface area contributed by atoms with E-state index in [1.54, 1.807) is 38.2 Å². The van der Waals surface area contributed by atoms with Crippen molar-refractivity contribution >= 4 is 15.9 Å². The number of halogens is 1. The molecule has 0 unspecified atom stereocenters. The normalized spacial score (nSPS) is 11.3. The van der Waals surface area contributed by atoms with E-state index in [1.807, 2.05) is 12.1 Å². The Labute approximate surface area is 193 Å². The molecule has 0 radical (unpaired) electrons. The summed E-state index contributed by atoms with van der Waals surface area (Å²) in [4.78, 5) is 18.5. The molecule has 0 fully saturated rings. The van der Waals surface area contributed by atoms with Crippen LogP contribution in [0, 0.1) is 12.7 Å². The average molecular weight is 472 g/mol. The highest BCUT2D eigenvalue weighted by molar-refractivity contribution is 7.89. The molecule has 0 saturated heterocycles. The van der Waals surface area contributed by atoms with Gasteiger partial charge in [-0.2, -0.15) is 0 Å². The van der Waals surface area contributed by atoms with E-state index in [0.29, 0.717) is 23.6 Å². The van der Waals surface area contributed by atoms with Crippen molar-refractivity contribution in [2.75, 3.05) is 26.7 Å². The molecule has 0 spiro atoms. The van der Waals surface area contributed by atoms with Gasteiger partial charge in [0.25, 0.3) is 5.91 Å². The highest BCUT2D eigenvalue weighted by Gasteiger charge is 2.20. The minimum Gasteiger partial charge on any atom is -0.481 e. The monoisotopic (exact) mass is 471 g/mol. The molecule has 3 rings (SSSR count). The first-order chi connectivity index (χ1) is 15.8. The molecule has 1 amide bonds. The van der Waals surface area contributed by atoms with Crippen molar-refractivity contribution < 1.29 is 22.3 Å². The van der Waals surface area contributed by atoms with Crippen LogP contribution in [-0.2, 0) is 10.0 Å². The molecule has 2 aromatic carbocycles. The number of carbonyl (C=O) groups is 1. The lowest BCUT2D eigenvalue weighted by molar-refractivity contribution is 0.0767. The van der Waals surface area contributed by atoms with Crippen molar-refractivity contribution in [3.63, 3.8) is 0 Å². The van der Waals surface area contributed by atoms with Gasteiger partial charge < -0.3 is 9.64 Å². The van der Waals surface area contributed by atoms with E-state index in [0.717, 1.165) is 11.1 Å². The fourth-order valence-corrected chi connectivity index (χ4v) is 4.74. The van der Waals surface area contributed by atoms with Gasteiger partial charge in [0.15, 0.2) is 0 Å². The smallest absolute Gasteiger partial charge is 0.253 e. The van der Waals surface area contributed by atoms with E-state index in [9.17, 15) is 17.6 Å². The van der Waals surface area contributed by atoms with Gasteiger partial charge in [-0.3, -0.25) is 4.79 Å². The SMILES string of the molecule is CCN(CCNS(=O)(=O)c1cccc(-c2ccc(OC)nc2)c1C)C(=O)c1ccc(F)cc1. The highest BCUT2D eigenvalue weighted by Crippen LogP contribution is 2.28. The van der Waals surface area contributed by atoms with Crippen molar-refractivity contribution in [3.8, 4) is 17.0 Å². The van der Waals surface area contributed by atoms with Gasteiger partial charge in [0.1, 0.15) is 5.82 Å². The predicted octanol–water partition coefficient (Wildman–Crippen LogP) is 3.65. The number of rotatable bonds is 9. The van der Waals surface area contributed by atoms with Gasteiger partial charge in [-0.05, 0) is 61.4 Å². The standard InChI is InChI=1S/C24H26FN3O4S/c1-4-28(24(29)18-8-11-20(25)12-9-18)15-14-27-33(30,31)22-7-5-6-21(17(22)2)19-10-13-23(32-3)26-16-19/h5-13,16,27H,4,14-15H2,1-3H3. The molecule has 0 aliphatic rings. The van der Waals surface area contributed by atoms with Crippen LogP contribution in [0.15, 0.2) is 65.7 Å². The maximum absolute atomic E-state index is 13.1. The second-order valence-corrected chi connectivity index (χ2v) is 9.04. The number of amides is 1. The fourth-order valence-electron chi connectivity index (χ4n) is 3.45. The van der Waals surface area contributed by atoms with Gasteiger partial charge >= 0.3 is 0 Å². The van der Waals surface area contributed by atoms with Gasteiger partial charge in [-0.25, -0.2) is 22.5 Å². The lowest BCUT2D eigenvalue weighted by Gasteiger charge is -2.21. The summed E-state index contributed by atoms with van der Waals surface area (Å²) < 4.78 is 46.8. The summed E-state index contributed by atoms with van der Waals surface area (Å²) in [5.41, 5.74) is 2.45. The third-order valence-electron chi connectivity index (χ3n) is 5.26. The van der Waals surface area contributed by atoms with E-state index < -0.39 is 15.8 Å². The summed E-state index contributed by atoms with van der Waals surface area (Å²) in [5.74, 6) is -0.246. The van der Waals surface area contributed by atoms with E-state index in [4.69, 9.17) is 4.74 Å². The number of hydrogen-bond acceptors (Lipinski definition) is 5. The molecule has 1 heterocycles. The maximum Gasteiger partial charge on any atom is 0.253 e. The zero-order valence-electron chi connectivity index (χ0n) is 18.7. The second-order valence-electron chi connectivity index (χ2n) is 7.31. The molecule has 0 atom stereocenters. The van der Waals surface area contributed by atoms with Crippen LogP contribution in [0.4, 0.5) is 4.39 Å². The number of nitrogens with one attached hydrogen (secondary N) is 1. The molecule has 9 heteroatoms. The third-order valence-corrected chi connectivity index (χ3v) is 6.87. The van der Waals surface area contributed by atoms with Crippen LogP contribution in [0.1, 0.15) is 22.8 Å². The van der Waals surface area contributed by atoms with Gasteiger partial charge in [-0.1, -0.05) is 12.1 Å². The second kappa shape index (κ2) is 10.5. The molecule has 0 saturated carbocycles. The molecule has 0 bridgehead atoms. The largest absolute Gasteiger partial charge is 0.481 e. The quantitative estimate of drug-likeness (QED) is 0.515. The Morgan fingerprint density at radius 3 is 2.45 bits per heavy atom. The first-order valence-electron chi connectivity index (χ1n) is 10.4. The van der Waals surface area contributed by atoms with E-state index in [2.05, 4.69) is 9.71 Å². The Morgan fingerprint density at radius 2 is 1.85 bits per heavy atom. The number of likely N-dealkylation sites (N-methyl/N-ethyl adjacent to an activating group) is 1. The number of methoxy groups -OCH3 is 1. The molecule has 0 aliphatic carbocycles. The van der Waals surface area contributed by atoms with Gasteiger partial charge in [0.2, 0.25) is 15.9 Å². The van der Waals surface area contributed by atoms with Crippen LogP contribution < -0.4 is 9.46 Å². The summed E-state index contributed by atoms with van der Waals surface area (Å²) >= 11 is 0. The van der Waals surface area contributed by atoms with Crippen LogP contribution in [0.2, 0.25) is 0 Å². The highest BCUT2D eigenvalue weighted by atomic mass is 32.2. The number of aromatic nitrogens is 1. The Morgan fingerprint density at radius 1 is 1.12 bits per heavy atom. The van der Waals surface area contributed by atoms with Crippen LogP contribution in [0.5, 0.6) is 5.88 Å². The Hall–Kier alpha value is -3.30. The first-order valence-corrected chi connectivity index (χ1v) is 11.9. The summed E-state index contributed by atoms with van der Waals surface area (Å²) in [6.07, 6.45) is 1.63. The summed E-state index contributed by atoms with van der Waals surface area (Å²) in [6, 6.07) is 13.8. The summed E-state index contributed by atoms with van der Waals surface area (Å²) in [5, 5.41) is 0. The number of nitrogens with zero attached hydrogens (tertiary/aromatic N) is 2. The third kappa shape index (κ3) is 5.74. The molecular weight excluding hydrogens is 445 g/mol. The number of benzene rings is 2. The molecular formula is C24H26FN3O4S. The molecule has 1 N–H and O–H groups in total. The van der Waals surface area contributed by atoms with Crippen LogP contribution >= 0.6 is 0 Å². The summed E-state index contributed by atoms with van der Waals surface area (Å²) in [7, 11) is -2.29. The number of sulfonamides is 1. The van der Waals surface area contributed by atoms with Crippen molar-refractivity contribution in [1.29, 1.82) is 0 Å². The Bertz CT molecular complexity index is 1210. The van der Waals surface area contributed by atoms with Crippen LogP contribution in [0.25, 0.3) is 11.1 Å². The summed E-state index contributed by atoms with van der Waals surface area (Å²) in [6.45, 7) is 4.14. The Balaban J connectivity index is 1.72. The Kier molecular flexibility index (Phi) is 7.78. The molecule has 7 nitrogen and oxygen atoms in total. The number of carbonyl (C=O) groups excluding carboxylic acids is 1.